The molecule has 0 aliphatic carbocycles. The van der Waals surface area contributed by atoms with Crippen molar-refractivity contribution in [1.82, 2.24) is 5.32 Å². The number of hydrogen-bond donors (Lipinski definition) is 2. The van der Waals surface area contributed by atoms with Crippen LogP contribution in [0.3, 0.4) is 0 Å². The third kappa shape index (κ3) is 4.12. The van der Waals surface area contributed by atoms with Gasteiger partial charge in [-0.2, -0.15) is 0 Å². The van der Waals surface area contributed by atoms with Gasteiger partial charge in [-0.3, -0.25) is 20.2 Å². The maximum Gasteiger partial charge on any atom is 0.292 e. The molecule has 0 heterocycles. The van der Waals surface area contributed by atoms with Gasteiger partial charge >= 0.3 is 0 Å². The molecule has 3 aromatic rings. The van der Waals surface area contributed by atoms with Gasteiger partial charge in [0, 0.05) is 16.1 Å². The third-order valence-corrected chi connectivity index (χ3v) is 4.83. The Kier molecular flexibility index (Phi) is 5.48. The zero-order valence-electron chi connectivity index (χ0n) is 14.2. The molecule has 0 fully saturated rings. The first kappa shape index (κ1) is 18.9. The fourth-order valence-corrected chi connectivity index (χ4v) is 3.39. The summed E-state index contributed by atoms with van der Waals surface area (Å²) in [4.78, 5) is 23.4. The Hall–Kier alpha value is -2.84. The predicted octanol–water partition coefficient (Wildman–Crippen LogP) is 4.95. The molecule has 0 saturated carbocycles. The highest BCUT2D eigenvalue weighted by molar-refractivity contribution is 9.10. The highest BCUT2D eigenvalue weighted by atomic mass is 79.9. The van der Waals surface area contributed by atoms with Gasteiger partial charge in [0.1, 0.15) is 5.69 Å². The van der Waals surface area contributed by atoms with Gasteiger partial charge < -0.3 is 5.32 Å². The summed E-state index contributed by atoms with van der Waals surface area (Å²) in [6.45, 7) is 1.76. The number of carbonyl (C=O) groups is 1. The van der Waals surface area contributed by atoms with Crippen LogP contribution in [-0.4, -0.2) is 15.9 Å². The van der Waals surface area contributed by atoms with Crippen molar-refractivity contribution in [2.45, 2.75) is 6.92 Å². The number of halogens is 1. The summed E-state index contributed by atoms with van der Waals surface area (Å²) in [7, 11) is 0. The smallest absolute Gasteiger partial charge is 0.292 e. The van der Waals surface area contributed by atoms with E-state index in [0.717, 1.165) is 20.8 Å². The van der Waals surface area contributed by atoms with E-state index in [1.807, 2.05) is 24.3 Å². The van der Waals surface area contributed by atoms with E-state index in [1.54, 1.807) is 31.2 Å². The zero-order valence-corrected chi connectivity index (χ0v) is 16.6. The molecule has 0 aromatic heterocycles. The molecule has 136 valence electrons. The summed E-state index contributed by atoms with van der Waals surface area (Å²) in [6.07, 6.45) is 0. The van der Waals surface area contributed by atoms with E-state index in [1.165, 1.54) is 6.07 Å². The molecule has 8 heteroatoms. The molecule has 6 nitrogen and oxygen atoms in total. The summed E-state index contributed by atoms with van der Waals surface area (Å²) >= 11 is 8.63. The van der Waals surface area contributed by atoms with Gasteiger partial charge in [-0.05, 0) is 53.7 Å². The normalized spacial score (nSPS) is 10.4. The van der Waals surface area contributed by atoms with Crippen molar-refractivity contribution in [2.24, 2.45) is 0 Å². The first-order valence-electron chi connectivity index (χ1n) is 7.91. The second-order valence-corrected chi connectivity index (χ2v) is 7.09. The van der Waals surface area contributed by atoms with Crippen molar-refractivity contribution in [3.05, 3.63) is 80.3 Å². The molecule has 2 N–H and O–H groups in total. The van der Waals surface area contributed by atoms with Gasteiger partial charge in [-0.15, -0.1) is 0 Å². The fraction of sp³-hybridized carbons (Fsp3) is 0.0526. The third-order valence-electron chi connectivity index (χ3n) is 3.94. The van der Waals surface area contributed by atoms with E-state index in [9.17, 15) is 14.9 Å². The van der Waals surface area contributed by atoms with Gasteiger partial charge in [0.2, 0.25) is 0 Å². The van der Waals surface area contributed by atoms with Crippen LogP contribution in [-0.2, 0) is 0 Å². The first-order chi connectivity index (χ1) is 12.9. The molecule has 0 bridgehead atoms. The van der Waals surface area contributed by atoms with E-state index in [4.69, 9.17) is 12.2 Å². The Morgan fingerprint density at radius 1 is 1.11 bits per heavy atom. The van der Waals surface area contributed by atoms with Crippen LogP contribution in [0.25, 0.3) is 10.8 Å². The lowest BCUT2D eigenvalue weighted by atomic mass is 10.0. The summed E-state index contributed by atoms with van der Waals surface area (Å²) in [6, 6.07) is 15.7. The molecule has 0 unspecified atom stereocenters. The van der Waals surface area contributed by atoms with Crippen LogP contribution in [0, 0.1) is 17.0 Å². The Balaban J connectivity index is 1.83. The number of rotatable bonds is 3. The SMILES string of the molecule is Cc1ccc(NC(=S)NC(=O)c2cccc3c(Br)cccc23)c([N+](=O)[O-])c1. The van der Waals surface area contributed by atoms with Crippen LogP contribution in [0.4, 0.5) is 11.4 Å². The first-order valence-corrected chi connectivity index (χ1v) is 9.11. The number of carbonyl (C=O) groups excluding carboxylic acids is 1. The van der Waals surface area contributed by atoms with Crippen molar-refractivity contribution in [3.8, 4) is 0 Å². The lowest BCUT2D eigenvalue weighted by Gasteiger charge is -2.12. The number of thiocarbonyl (C=S) groups is 1. The quantitative estimate of drug-likeness (QED) is 0.340. The lowest BCUT2D eigenvalue weighted by Crippen LogP contribution is -2.34. The molecule has 0 aliphatic heterocycles. The number of benzene rings is 3. The van der Waals surface area contributed by atoms with Gasteiger partial charge in [0.15, 0.2) is 5.11 Å². The number of aryl methyl sites for hydroxylation is 1. The lowest BCUT2D eigenvalue weighted by molar-refractivity contribution is -0.383. The van der Waals surface area contributed by atoms with Crippen LogP contribution >= 0.6 is 28.1 Å². The molecule has 0 spiro atoms. The molecule has 0 atom stereocenters. The topological polar surface area (TPSA) is 84.3 Å². The number of nitro groups is 1. The van der Waals surface area contributed by atoms with Crippen LogP contribution in [0.1, 0.15) is 15.9 Å². The molecular formula is C19H14BrN3O3S. The number of nitro benzene ring substituents is 1. The van der Waals surface area contributed by atoms with Crippen molar-refractivity contribution in [1.29, 1.82) is 0 Å². The van der Waals surface area contributed by atoms with Gasteiger partial charge in [-0.1, -0.05) is 46.3 Å². The molecule has 0 saturated heterocycles. The highest BCUT2D eigenvalue weighted by Gasteiger charge is 2.17. The number of nitrogens with zero attached hydrogens (tertiary/aromatic N) is 1. The predicted molar refractivity (Wildman–Crippen MR) is 113 cm³/mol. The van der Waals surface area contributed by atoms with Crippen molar-refractivity contribution in [2.75, 3.05) is 5.32 Å². The second kappa shape index (κ2) is 7.81. The number of amides is 1. The average Bonchev–Trinajstić information content (AvgIpc) is 2.63. The van der Waals surface area contributed by atoms with Gasteiger partial charge in [0.05, 0.1) is 4.92 Å². The molecule has 3 rings (SSSR count). The molecular weight excluding hydrogens is 430 g/mol. The molecule has 27 heavy (non-hydrogen) atoms. The Morgan fingerprint density at radius 3 is 2.56 bits per heavy atom. The van der Waals surface area contributed by atoms with Crippen molar-refractivity contribution in [3.63, 3.8) is 0 Å². The van der Waals surface area contributed by atoms with E-state index >= 15 is 0 Å². The average molecular weight is 444 g/mol. The molecule has 1 amide bonds. The van der Waals surface area contributed by atoms with E-state index < -0.39 is 10.8 Å². The number of anilines is 1. The van der Waals surface area contributed by atoms with Crippen LogP contribution in [0.2, 0.25) is 0 Å². The van der Waals surface area contributed by atoms with Crippen LogP contribution in [0.15, 0.2) is 59.1 Å². The summed E-state index contributed by atoms with van der Waals surface area (Å²) in [5, 5.41) is 18.2. The highest BCUT2D eigenvalue weighted by Crippen LogP contribution is 2.27. The Labute approximate surface area is 168 Å². The van der Waals surface area contributed by atoms with Crippen LogP contribution < -0.4 is 10.6 Å². The van der Waals surface area contributed by atoms with Gasteiger partial charge in [-0.25, -0.2) is 0 Å². The number of hydrogen-bond acceptors (Lipinski definition) is 4. The maximum atomic E-state index is 12.7. The van der Waals surface area contributed by atoms with Gasteiger partial charge in [0.25, 0.3) is 11.6 Å². The van der Waals surface area contributed by atoms with Crippen molar-refractivity contribution >= 4 is 61.3 Å². The van der Waals surface area contributed by atoms with E-state index in [2.05, 4.69) is 26.6 Å². The largest absolute Gasteiger partial charge is 0.327 e. The molecule has 3 aromatic carbocycles. The summed E-state index contributed by atoms with van der Waals surface area (Å²) in [5.74, 6) is -0.397. The molecule has 0 radical (unpaired) electrons. The maximum absolute atomic E-state index is 12.7. The Morgan fingerprint density at radius 2 is 1.81 bits per heavy atom. The van der Waals surface area contributed by atoms with Crippen LogP contribution in [0.5, 0.6) is 0 Å². The Bertz CT molecular complexity index is 1080. The van der Waals surface area contributed by atoms with E-state index in [0.29, 0.717) is 5.56 Å². The minimum atomic E-state index is -0.498. The standard InChI is InChI=1S/C19H14BrN3O3S/c1-11-8-9-16(17(10-11)23(25)26)21-19(27)22-18(24)14-6-2-5-13-12(14)4-3-7-15(13)20/h2-10H,1H3,(H2,21,22,24,27). The molecule has 0 aliphatic rings. The summed E-state index contributed by atoms with van der Waals surface area (Å²) < 4.78 is 0.880. The number of nitrogens with one attached hydrogen (secondary N) is 2. The minimum Gasteiger partial charge on any atom is -0.327 e. The fourth-order valence-electron chi connectivity index (χ4n) is 2.69. The second-order valence-electron chi connectivity index (χ2n) is 5.83. The minimum absolute atomic E-state index is 0.0149. The number of fused-ring (bicyclic) bond motifs is 1. The summed E-state index contributed by atoms with van der Waals surface area (Å²) in [5.41, 5.74) is 1.32. The monoisotopic (exact) mass is 443 g/mol. The zero-order chi connectivity index (χ0) is 19.6. The van der Waals surface area contributed by atoms with Crippen molar-refractivity contribution < 1.29 is 9.72 Å². The van der Waals surface area contributed by atoms with E-state index in [-0.39, 0.29) is 16.5 Å².